The van der Waals surface area contributed by atoms with Crippen molar-refractivity contribution >= 4 is 17.4 Å². The van der Waals surface area contributed by atoms with Gasteiger partial charge in [0, 0.05) is 11.1 Å². The third-order valence-electron chi connectivity index (χ3n) is 6.22. The molecular formula is C28H29NO4. The monoisotopic (exact) mass is 443 g/mol. The van der Waals surface area contributed by atoms with Gasteiger partial charge in [0.05, 0.1) is 18.7 Å². The minimum atomic E-state index is -1.90. The second-order valence-electron chi connectivity index (χ2n) is 8.82. The molecule has 0 aliphatic carbocycles. The molecule has 0 radical (unpaired) electrons. The van der Waals surface area contributed by atoms with Gasteiger partial charge in [-0.3, -0.25) is 9.59 Å². The van der Waals surface area contributed by atoms with E-state index in [0.717, 1.165) is 16.9 Å². The van der Waals surface area contributed by atoms with Crippen LogP contribution in [-0.2, 0) is 10.4 Å². The summed E-state index contributed by atoms with van der Waals surface area (Å²) in [5.74, 6) is 0.350. The molecule has 0 bridgehead atoms. The van der Waals surface area contributed by atoms with Crippen LogP contribution in [0.25, 0.3) is 0 Å². The van der Waals surface area contributed by atoms with Crippen LogP contribution in [0.2, 0.25) is 0 Å². The summed E-state index contributed by atoms with van der Waals surface area (Å²) in [5.41, 5.74) is 1.80. The number of benzene rings is 3. The van der Waals surface area contributed by atoms with Crippen LogP contribution in [0.5, 0.6) is 5.75 Å². The first kappa shape index (κ1) is 22.7. The summed E-state index contributed by atoms with van der Waals surface area (Å²) in [7, 11) is 0. The predicted molar refractivity (Wildman–Crippen MR) is 129 cm³/mol. The summed E-state index contributed by atoms with van der Waals surface area (Å²) in [6.45, 7) is 6.68. The van der Waals surface area contributed by atoms with Crippen molar-refractivity contribution in [3.63, 3.8) is 0 Å². The second-order valence-corrected chi connectivity index (χ2v) is 8.82. The highest BCUT2D eigenvalue weighted by atomic mass is 16.5. The van der Waals surface area contributed by atoms with E-state index >= 15 is 0 Å². The molecule has 1 aliphatic rings. The Morgan fingerprint density at radius 1 is 1.00 bits per heavy atom. The van der Waals surface area contributed by atoms with Gasteiger partial charge in [0.1, 0.15) is 12.4 Å². The fourth-order valence-corrected chi connectivity index (χ4v) is 4.25. The van der Waals surface area contributed by atoms with Gasteiger partial charge in [-0.25, -0.2) is 0 Å². The lowest BCUT2D eigenvalue weighted by atomic mass is 9.87. The molecule has 0 aromatic heterocycles. The Morgan fingerprint density at radius 3 is 2.36 bits per heavy atom. The zero-order valence-electron chi connectivity index (χ0n) is 19.2. The molecule has 1 heterocycles. The maximum absolute atomic E-state index is 13.4. The molecular weight excluding hydrogens is 414 g/mol. The number of amides is 1. The van der Waals surface area contributed by atoms with Crippen LogP contribution >= 0.6 is 0 Å². The van der Waals surface area contributed by atoms with Gasteiger partial charge in [0.15, 0.2) is 11.4 Å². The highest BCUT2D eigenvalue weighted by Gasteiger charge is 2.50. The van der Waals surface area contributed by atoms with E-state index in [1.54, 1.807) is 30.3 Å². The Morgan fingerprint density at radius 2 is 1.67 bits per heavy atom. The number of rotatable bonds is 8. The molecule has 4 rings (SSSR count). The number of aliphatic hydroxyl groups is 1. The summed E-state index contributed by atoms with van der Waals surface area (Å²) in [6.07, 6.45) is -0.307. The molecule has 33 heavy (non-hydrogen) atoms. The lowest BCUT2D eigenvalue weighted by Gasteiger charge is -2.23. The number of ketones is 1. The highest BCUT2D eigenvalue weighted by molar-refractivity contribution is 6.10. The van der Waals surface area contributed by atoms with Crippen molar-refractivity contribution < 1.29 is 19.4 Å². The summed E-state index contributed by atoms with van der Waals surface area (Å²) < 4.78 is 5.87. The number of carbonyl (C=O) groups is 2. The second kappa shape index (κ2) is 9.20. The maximum atomic E-state index is 13.4. The van der Waals surface area contributed by atoms with E-state index in [0.29, 0.717) is 22.7 Å². The summed E-state index contributed by atoms with van der Waals surface area (Å²) in [5, 5.41) is 11.5. The Hall–Kier alpha value is -3.44. The van der Waals surface area contributed by atoms with Gasteiger partial charge in [0.25, 0.3) is 5.91 Å². The Bertz CT molecular complexity index is 1170. The van der Waals surface area contributed by atoms with Gasteiger partial charge >= 0.3 is 0 Å². The van der Waals surface area contributed by atoms with E-state index in [9.17, 15) is 14.7 Å². The van der Waals surface area contributed by atoms with Crippen molar-refractivity contribution in [2.45, 2.75) is 38.7 Å². The zero-order chi connectivity index (χ0) is 23.6. The van der Waals surface area contributed by atoms with Crippen LogP contribution in [-0.4, -0.2) is 29.9 Å². The van der Waals surface area contributed by atoms with Crippen LogP contribution < -0.4 is 9.64 Å². The van der Waals surface area contributed by atoms with Crippen molar-refractivity contribution in [1.82, 2.24) is 0 Å². The van der Waals surface area contributed by atoms with Gasteiger partial charge in [-0.15, -0.1) is 0 Å². The van der Waals surface area contributed by atoms with Crippen LogP contribution in [0.4, 0.5) is 5.69 Å². The van der Waals surface area contributed by atoms with Crippen molar-refractivity contribution in [2.75, 3.05) is 18.1 Å². The molecule has 5 nitrogen and oxygen atoms in total. The van der Waals surface area contributed by atoms with Crippen molar-refractivity contribution in [3.05, 3.63) is 95.1 Å². The van der Waals surface area contributed by atoms with E-state index in [-0.39, 0.29) is 25.4 Å². The number of para-hydroxylation sites is 2. The molecule has 170 valence electrons. The highest BCUT2D eigenvalue weighted by Crippen LogP contribution is 2.42. The molecule has 0 saturated heterocycles. The van der Waals surface area contributed by atoms with Crippen LogP contribution in [0, 0.1) is 6.92 Å². The number of hydrogen-bond acceptors (Lipinski definition) is 4. The Kier molecular flexibility index (Phi) is 6.34. The van der Waals surface area contributed by atoms with E-state index < -0.39 is 11.5 Å². The Labute approximate surface area is 194 Å². The van der Waals surface area contributed by atoms with Gasteiger partial charge in [0.2, 0.25) is 0 Å². The number of Topliss-reactive ketones (excluding diaryl/α,β-unsaturated/α-hetero) is 1. The minimum Gasteiger partial charge on any atom is -0.491 e. The van der Waals surface area contributed by atoms with Gasteiger partial charge in [-0.2, -0.15) is 0 Å². The molecule has 1 N–H and O–H groups in total. The zero-order valence-corrected chi connectivity index (χ0v) is 19.2. The maximum Gasteiger partial charge on any atom is 0.264 e. The molecule has 1 aliphatic heterocycles. The first-order valence-corrected chi connectivity index (χ1v) is 11.3. The van der Waals surface area contributed by atoms with Crippen molar-refractivity contribution in [2.24, 2.45) is 0 Å². The third-order valence-corrected chi connectivity index (χ3v) is 6.22. The summed E-state index contributed by atoms with van der Waals surface area (Å²) >= 11 is 0. The predicted octanol–water partition coefficient (Wildman–Crippen LogP) is 5.00. The molecule has 1 amide bonds. The number of fused-ring (bicyclic) bond motifs is 1. The number of aryl methyl sites for hydroxylation is 1. The number of nitrogens with zero attached hydrogens (tertiary/aromatic N) is 1. The molecule has 5 heteroatoms. The summed E-state index contributed by atoms with van der Waals surface area (Å²) in [6, 6.07) is 22.1. The molecule has 3 aromatic carbocycles. The third kappa shape index (κ3) is 4.41. The molecule has 1 unspecified atom stereocenters. The number of hydrogen-bond donors (Lipinski definition) is 1. The molecule has 0 spiro atoms. The molecule has 0 saturated carbocycles. The van der Waals surface area contributed by atoms with E-state index in [1.807, 2.05) is 49.4 Å². The normalized spacial score (nSPS) is 17.4. The number of ether oxygens (including phenoxy) is 1. The SMILES string of the molecule is Cc1ccccc1OCCN1C(=O)C(O)(CC(=O)c2ccc(C(C)C)cc2)c2ccccc21. The number of carbonyl (C=O) groups excluding carboxylic acids is 2. The van der Waals surface area contributed by atoms with E-state index in [1.165, 1.54) is 4.90 Å². The van der Waals surface area contributed by atoms with Gasteiger partial charge in [-0.05, 0) is 36.1 Å². The van der Waals surface area contributed by atoms with Crippen LogP contribution in [0.1, 0.15) is 53.2 Å². The van der Waals surface area contributed by atoms with Gasteiger partial charge in [-0.1, -0.05) is 74.5 Å². The lowest BCUT2D eigenvalue weighted by molar-refractivity contribution is -0.135. The smallest absolute Gasteiger partial charge is 0.264 e. The topological polar surface area (TPSA) is 66.8 Å². The van der Waals surface area contributed by atoms with E-state index in [2.05, 4.69) is 13.8 Å². The van der Waals surface area contributed by atoms with Crippen molar-refractivity contribution in [3.8, 4) is 5.75 Å². The first-order chi connectivity index (χ1) is 15.8. The van der Waals surface area contributed by atoms with Gasteiger partial charge < -0.3 is 14.7 Å². The van der Waals surface area contributed by atoms with Crippen LogP contribution in [0.3, 0.4) is 0 Å². The number of anilines is 1. The Balaban J connectivity index is 1.52. The minimum absolute atomic E-state index is 0.268. The molecule has 1 atom stereocenters. The standard InChI is InChI=1S/C28H29NO4/c1-19(2)21-12-14-22(15-13-21)25(30)18-28(32)23-9-5-6-10-24(23)29(27(28)31)16-17-33-26-11-7-4-8-20(26)3/h4-15,19,32H,16-18H2,1-3H3. The summed E-state index contributed by atoms with van der Waals surface area (Å²) in [4.78, 5) is 27.9. The first-order valence-electron chi connectivity index (χ1n) is 11.3. The van der Waals surface area contributed by atoms with Crippen LogP contribution in [0.15, 0.2) is 72.8 Å². The fourth-order valence-electron chi connectivity index (χ4n) is 4.25. The lowest BCUT2D eigenvalue weighted by Crippen LogP contribution is -2.43. The average molecular weight is 444 g/mol. The average Bonchev–Trinajstić information content (AvgIpc) is 3.02. The molecule has 3 aromatic rings. The molecule has 0 fully saturated rings. The largest absolute Gasteiger partial charge is 0.491 e. The van der Waals surface area contributed by atoms with Crippen molar-refractivity contribution in [1.29, 1.82) is 0 Å². The fraction of sp³-hybridized carbons (Fsp3) is 0.286. The quantitative estimate of drug-likeness (QED) is 0.497. The van der Waals surface area contributed by atoms with E-state index in [4.69, 9.17) is 4.74 Å².